The first-order chi connectivity index (χ1) is 14.4. The highest BCUT2D eigenvalue weighted by Crippen LogP contribution is 2.18. The Kier molecular flexibility index (Phi) is 7.10. The third kappa shape index (κ3) is 5.82. The number of benzene rings is 1. The summed E-state index contributed by atoms with van der Waals surface area (Å²) in [7, 11) is 1.83. The Balaban J connectivity index is 1.61. The lowest BCUT2D eigenvalue weighted by Gasteiger charge is -2.23. The second kappa shape index (κ2) is 9.75. The van der Waals surface area contributed by atoms with Gasteiger partial charge in [-0.3, -0.25) is 9.48 Å². The number of hydrogen-bond acceptors (Lipinski definition) is 4. The molecule has 0 saturated carbocycles. The smallest absolute Gasteiger partial charge is 0.222 e. The molecule has 1 amide bonds. The maximum atomic E-state index is 11.9. The van der Waals surface area contributed by atoms with E-state index in [0.717, 1.165) is 36.2 Å². The van der Waals surface area contributed by atoms with Gasteiger partial charge in [0.15, 0.2) is 5.96 Å². The van der Waals surface area contributed by atoms with Gasteiger partial charge in [0.2, 0.25) is 5.91 Å². The average molecular weight is 413 g/mol. The molecule has 30 heavy (non-hydrogen) atoms. The van der Waals surface area contributed by atoms with E-state index in [1.54, 1.807) is 17.8 Å². The Hall–Kier alpha value is -2.87. The number of nitrogens with zero attached hydrogens (tertiary/aromatic N) is 4. The molecule has 0 radical (unpaired) electrons. The molecule has 0 spiro atoms. The minimum atomic E-state index is -1.06. The zero-order valence-electron chi connectivity index (χ0n) is 18.1. The number of likely N-dealkylation sites (tertiary alicyclic amines) is 1. The number of rotatable bonds is 8. The van der Waals surface area contributed by atoms with E-state index in [0.29, 0.717) is 32.0 Å². The molecule has 2 aromatic rings. The highest BCUT2D eigenvalue weighted by Gasteiger charge is 2.25. The van der Waals surface area contributed by atoms with Crippen molar-refractivity contribution in [2.24, 2.45) is 12.0 Å². The van der Waals surface area contributed by atoms with Gasteiger partial charge in [-0.25, -0.2) is 4.99 Å². The molecule has 8 nitrogen and oxygen atoms in total. The Bertz CT molecular complexity index is 889. The van der Waals surface area contributed by atoms with Crippen molar-refractivity contribution in [2.75, 3.05) is 19.6 Å². The molecule has 162 valence electrons. The summed E-state index contributed by atoms with van der Waals surface area (Å²) in [5, 5.41) is 21.3. The van der Waals surface area contributed by atoms with Crippen LogP contribution in [0.2, 0.25) is 0 Å². The lowest BCUT2D eigenvalue weighted by atomic mass is 10.00. The molecule has 1 saturated heterocycles. The van der Waals surface area contributed by atoms with Gasteiger partial charge in [-0.15, -0.1) is 0 Å². The predicted octanol–water partition coefficient (Wildman–Crippen LogP) is 1.51. The fourth-order valence-electron chi connectivity index (χ4n) is 3.49. The molecule has 1 aliphatic heterocycles. The van der Waals surface area contributed by atoms with E-state index in [4.69, 9.17) is 0 Å². The fourth-order valence-corrected chi connectivity index (χ4v) is 3.49. The average Bonchev–Trinajstić information content (AvgIpc) is 3.33. The molecule has 8 heteroatoms. The first-order valence-electron chi connectivity index (χ1n) is 10.5. The summed E-state index contributed by atoms with van der Waals surface area (Å²) >= 11 is 0. The molecule has 1 aliphatic rings. The minimum absolute atomic E-state index is 0.234. The Morgan fingerprint density at radius 1 is 1.33 bits per heavy atom. The lowest BCUT2D eigenvalue weighted by Crippen LogP contribution is -2.44. The van der Waals surface area contributed by atoms with Gasteiger partial charge in [-0.1, -0.05) is 24.3 Å². The molecule has 1 aromatic carbocycles. The summed E-state index contributed by atoms with van der Waals surface area (Å²) in [6.45, 7) is 6.79. The zero-order chi connectivity index (χ0) is 21.6. The number of carbonyl (C=O) groups is 1. The van der Waals surface area contributed by atoms with Crippen LogP contribution in [0.5, 0.6) is 0 Å². The maximum absolute atomic E-state index is 11.9. The third-order valence-corrected chi connectivity index (χ3v) is 5.23. The lowest BCUT2D eigenvalue weighted by molar-refractivity contribution is -0.128. The highest BCUT2D eigenvalue weighted by molar-refractivity contribution is 5.80. The molecule has 1 atom stereocenters. The number of carbonyl (C=O) groups excluding carboxylic acids is 1. The van der Waals surface area contributed by atoms with Crippen LogP contribution < -0.4 is 10.6 Å². The number of amides is 1. The number of nitrogens with one attached hydrogen (secondary N) is 2. The van der Waals surface area contributed by atoms with Crippen molar-refractivity contribution in [1.29, 1.82) is 0 Å². The summed E-state index contributed by atoms with van der Waals surface area (Å²) in [6.07, 6.45) is 5.08. The van der Waals surface area contributed by atoms with Gasteiger partial charge >= 0.3 is 0 Å². The minimum Gasteiger partial charge on any atom is -0.383 e. The molecule has 0 aliphatic carbocycles. The molecular formula is C22H32N6O2. The van der Waals surface area contributed by atoms with Gasteiger partial charge in [0.25, 0.3) is 0 Å². The van der Waals surface area contributed by atoms with Crippen molar-refractivity contribution in [3.63, 3.8) is 0 Å². The van der Waals surface area contributed by atoms with E-state index >= 15 is 0 Å². The van der Waals surface area contributed by atoms with Crippen molar-refractivity contribution in [1.82, 2.24) is 25.3 Å². The van der Waals surface area contributed by atoms with Crippen molar-refractivity contribution < 1.29 is 9.90 Å². The molecule has 1 fully saturated rings. The number of aromatic nitrogens is 2. The Labute approximate surface area is 178 Å². The molecular weight excluding hydrogens is 380 g/mol. The van der Waals surface area contributed by atoms with Crippen LogP contribution in [0.15, 0.2) is 41.7 Å². The van der Waals surface area contributed by atoms with Crippen molar-refractivity contribution in [2.45, 2.75) is 45.4 Å². The molecule has 1 aromatic heterocycles. The van der Waals surface area contributed by atoms with Gasteiger partial charge in [0.05, 0.1) is 19.3 Å². The van der Waals surface area contributed by atoms with Gasteiger partial charge in [0.1, 0.15) is 5.60 Å². The number of hydrogen-bond donors (Lipinski definition) is 3. The standard InChI is InChI=1S/C22H32N6O2/c1-4-23-21(25-16-22(2,30)19-13-26-27(3)15-19)24-12-17-7-5-8-18(11-17)14-28-10-6-9-20(28)29/h5,7-8,11,13,15,30H,4,6,9-10,12,14,16H2,1-3H3,(H2,23,24,25). The molecule has 1 unspecified atom stereocenters. The number of guanidine groups is 1. The first kappa shape index (κ1) is 21.8. The van der Waals surface area contributed by atoms with E-state index in [-0.39, 0.29) is 5.91 Å². The van der Waals surface area contributed by atoms with E-state index < -0.39 is 5.60 Å². The molecule has 2 heterocycles. The van der Waals surface area contributed by atoms with Crippen LogP contribution in [-0.4, -0.2) is 51.3 Å². The third-order valence-electron chi connectivity index (χ3n) is 5.23. The fraction of sp³-hybridized carbons (Fsp3) is 0.500. The second-order valence-electron chi connectivity index (χ2n) is 7.96. The zero-order valence-corrected chi connectivity index (χ0v) is 18.1. The molecule has 3 N–H and O–H groups in total. The topological polar surface area (TPSA) is 94.8 Å². The monoisotopic (exact) mass is 412 g/mol. The molecule has 0 bridgehead atoms. The van der Waals surface area contributed by atoms with Gasteiger partial charge < -0.3 is 20.6 Å². The van der Waals surface area contributed by atoms with Crippen molar-refractivity contribution in [3.8, 4) is 0 Å². The largest absolute Gasteiger partial charge is 0.383 e. The van der Waals surface area contributed by atoms with E-state index in [2.05, 4.69) is 26.8 Å². The number of aliphatic hydroxyl groups is 1. The van der Waals surface area contributed by atoms with Crippen LogP contribution in [0.3, 0.4) is 0 Å². The van der Waals surface area contributed by atoms with E-state index in [1.807, 2.05) is 43.3 Å². The quantitative estimate of drug-likeness (QED) is 0.451. The van der Waals surface area contributed by atoms with Gasteiger partial charge in [0, 0.05) is 44.9 Å². The van der Waals surface area contributed by atoms with Crippen LogP contribution in [0.1, 0.15) is 43.4 Å². The van der Waals surface area contributed by atoms with Crippen molar-refractivity contribution in [3.05, 3.63) is 53.3 Å². The maximum Gasteiger partial charge on any atom is 0.222 e. The van der Waals surface area contributed by atoms with Crippen LogP contribution >= 0.6 is 0 Å². The van der Waals surface area contributed by atoms with Gasteiger partial charge in [-0.05, 0) is 31.4 Å². The van der Waals surface area contributed by atoms with Crippen molar-refractivity contribution >= 4 is 11.9 Å². The number of aryl methyl sites for hydroxylation is 1. The van der Waals surface area contributed by atoms with Crippen LogP contribution in [0.25, 0.3) is 0 Å². The summed E-state index contributed by atoms with van der Waals surface area (Å²) in [6, 6.07) is 8.19. The van der Waals surface area contributed by atoms with Crippen LogP contribution in [0, 0.1) is 0 Å². The predicted molar refractivity (Wildman–Crippen MR) is 117 cm³/mol. The highest BCUT2D eigenvalue weighted by atomic mass is 16.3. The van der Waals surface area contributed by atoms with Crippen LogP contribution in [0.4, 0.5) is 0 Å². The summed E-state index contributed by atoms with van der Waals surface area (Å²) < 4.78 is 1.67. The van der Waals surface area contributed by atoms with Gasteiger partial charge in [-0.2, -0.15) is 5.10 Å². The first-order valence-corrected chi connectivity index (χ1v) is 10.5. The summed E-state index contributed by atoms with van der Waals surface area (Å²) in [5.74, 6) is 0.875. The Morgan fingerprint density at radius 3 is 2.80 bits per heavy atom. The molecule has 3 rings (SSSR count). The van der Waals surface area contributed by atoms with E-state index in [9.17, 15) is 9.90 Å². The van der Waals surface area contributed by atoms with E-state index in [1.165, 1.54) is 0 Å². The second-order valence-corrected chi connectivity index (χ2v) is 7.96. The van der Waals surface area contributed by atoms with Crippen LogP contribution in [-0.2, 0) is 30.5 Å². The Morgan fingerprint density at radius 2 is 2.13 bits per heavy atom. The summed E-state index contributed by atoms with van der Waals surface area (Å²) in [5.41, 5.74) is 1.88. The number of aliphatic imine (C=N–C) groups is 1. The summed E-state index contributed by atoms with van der Waals surface area (Å²) in [4.78, 5) is 18.4. The SMILES string of the molecule is CCNC(=NCc1cccc(CN2CCCC2=O)c1)NCC(C)(O)c1cnn(C)c1. The normalized spacial score (nSPS) is 16.6.